The van der Waals surface area contributed by atoms with Crippen LogP contribution >= 0.6 is 15.9 Å². The molecule has 0 radical (unpaired) electrons. The van der Waals surface area contributed by atoms with Crippen LogP contribution in [0.5, 0.6) is 0 Å². The molecular formula is C16H20BrNO4. The Morgan fingerprint density at radius 1 is 1.14 bits per heavy atom. The molecule has 0 saturated carbocycles. The van der Waals surface area contributed by atoms with Crippen LogP contribution in [0.3, 0.4) is 0 Å². The van der Waals surface area contributed by atoms with Crippen molar-refractivity contribution in [2.24, 2.45) is 0 Å². The lowest BCUT2D eigenvalue weighted by Crippen LogP contribution is -2.30. The average molecular weight is 370 g/mol. The summed E-state index contributed by atoms with van der Waals surface area (Å²) >= 11 is 3.40. The molecular weight excluding hydrogens is 350 g/mol. The molecule has 22 heavy (non-hydrogen) atoms. The predicted molar refractivity (Wildman–Crippen MR) is 89.2 cm³/mol. The summed E-state index contributed by atoms with van der Waals surface area (Å²) in [4.78, 5) is 14.0. The Labute approximate surface area is 137 Å². The number of rotatable bonds is 8. The van der Waals surface area contributed by atoms with Gasteiger partial charge in [0.25, 0.3) is 0 Å². The Hall–Kier alpha value is -1.21. The van der Waals surface area contributed by atoms with E-state index in [1.807, 2.05) is 18.2 Å². The molecule has 2 aromatic rings. The van der Waals surface area contributed by atoms with Crippen molar-refractivity contribution in [3.63, 3.8) is 0 Å². The van der Waals surface area contributed by atoms with Gasteiger partial charge in [-0.05, 0) is 23.8 Å². The molecule has 5 nitrogen and oxygen atoms in total. The summed E-state index contributed by atoms with van der Waals surface area (Å²) in [6.45, 7) is 3.47. The van der Waals surface area contributed by atoms with Gasteiger partial charge in [0.05, 0.1) is 13.2 Å². The van der Waals surface area contributed by atoms with Gasteiger partial charge >= 0.3 is 5.63 Å². The predicted octanol–water partition coefficient (Wildman–Crippen LogP) is 2.65. The summed E-state index contributed by atoms with van der Waals surface area (Å²) in [5.41, 5.74) is 1.21. The van der Waals surface area contributed by atoms with Gasteiger partial charge in [-0.2, -0.15) is 0 Å². The van der Waals surface area contributed by atoms with Crippen LogP contribution in [0.4, 0.5) is 0 Å². The van der Waals surface area contributed by atoms with E-state index in [0.29, 0.717) is 25.3 Å². The maximum atomic E-state index is 11.8. The van der Waals surface area contributed by atoms with Crippen molar-refractivity contribution in [1.82, 2.24) is 4.90 Å². The second-order valence-corrected chi connectivity index (χ2v) is 5.91. The zero-order chi connectivity index (χ0) is 15.9. The number of methoxy groups -OCH3 is 2. The van der Waals surface area contributed by atoms with E-state index in [1.54, 1.807) is 20.3 Å². The molecule has 0 bridgehead atoms. The smallest absolute Gasteiger partial charge is 0.336 e. The summed E-state index contributed by atoms with van der Waals surface area (Å²) < 4.78 is 16.5. The minimum atomic E-state index is -0.334. The summed E-state index contributed by atoms with van der Waals surface area (Å²) in [7, 11) is 3.36. The van der Waals surface area contributed by atoms with E-state index in [0.717, 1.165) is 28.5 Å². The van der Waals surface area contributed by atoms with E-state index in [2.05, 4.69) is 20.8 Å². The SMILES string of the molecule is COCCN(CCOC)Cc1cc(=O)oc2cc(Br)ccc12. The molecule has 1 aromatic heterocycles. The second kappa shape index (κ2) is 8.43. The topological polar surface area (TPSA) is 51.9 Å². The highest BCUT2D eigenvalue weighted by Gasteiger charge is 2.11. The van der Waals surface area contributed by atoms with Crippen molar-refractivity contribution < 1.29 is 13.9 Å². The van der Waals surface area contributed by atoms with E-state index in [9.17, 15) is 4.79 Å². The van der Waals surface area contributed by atoms with Crippen LogP contribution < -0.4 is 5.63 Å². The maximum absolute atomic E-state index is 11.8. The van der Waals surface area contributed by atoms with Crippen molar-refractivity contribution in [1.29, 1.82) is 0 Å². The lowest BCUT2D eigenvalue weighted by molar-refractivity contribution is 0.110. The van der Waals surface area contributed by atoms with Gasteiger partial charge in [0, 0.05) is 49.8 Å². The minimum Gasteiger partial charge on any atom is -0.423 e. The fraction of sp³-hybridized carbons (Fsp3) is 0.438. The summed E-state index contributed by atoms with van der Waals surface area (Å²) in [6.07, 6.45) is 0. The van der Waals surface area contributed by atoms with Gasteiger partial charge in [-0.15, -0.1) is 0 Å². The molecule has 0 aliphatic heterocycles. The number of benzene rings is 1. The van der Waals surface area contributed by atoms with Crippen LogP contribution in [-0.2, 0) is 16.0 Å². The first-order valence-corrected chi connectivity index (χ1v) is 7.86. The first-order chi connectivity index (χ1) is 10.6. The van der Waals surface area contributed by atoms with Gasteiger partial charge < -0.3 is 13.9 Å². The summed E-state index contributed by atoms with van der Waals surface area (Å²) in [6, 6.07) is 7.28. The number of halogens is 1. The van der Waals surface area contributed by atoms with Gasteiger partial charge in [-0.1, -0.05) is 15.9 Å². The van der Waals surface area contributed by atoms with Gasteiger partial charge in [0.15, 0.2) is 0 Å². The van der Waals surface area contributed by atoms with E-state index in [4.69, 9.17) is 13.9 Å². The van der Waals surface area contributed by atoms with Gasteiger partial charge in [-0.25, -0.2) is 4.79 Å². The van der Waals surface area contributed by atoms with Crippen LogP contribution in [-0.4, -0.2) is 45.4 Å². The third-order valence-electron chi connectivity index (χ3n) is 3.41. The number of hydrogen-bond donors (Lipinski definition) is 0. The Bertz CT molecular complexity index is 663. The highest BCUT2D eigenvalue weighted by molar-refractivity contribution is 9.10. The second-order valence-electron chi connectivity index (χ2n) is 4.99. The molecule has 0 unspecified atom stereocenters. The normalized spacial score (nSPS) is 11.5. The molecule has 6 heteroatoms. The molecule has 0 N–H and O–H groups in total. The van der Waals surface area contributed by atoms with Crippen LogP contribution in [0.25, 0.3) is 11.0 Å². The third-order valence-corrected chi connectivity index (χ3v) is 3.90. The Morgan fingerprint density at radius 2 is 1.82 bits per heavy atom. The standard InChI is InChI=1S/C16H20BrNO4/c1-20-7-5-18(6-8-21-2)11-12-9-16(19)22-15-10-13(17)3-4-14(12)15/h3-4,9-10H,5-8,11H2,1-2H3. The van der Waals surface area contributed by atoms with Gasteiger partial charge in [0.2, 0.25) is 0 Å². The fourth-order valence-electron chi connectivity index (χ4n) is 2.29. The van der Waals surface area contributed by atoms with E-state index >= 15 is 0 Å². The first-order valence-electron chi connectivity index (χ1n) is 7.06. The van der Waals surface area contributed by atoms with Gasteiger partial charge in [0.1, 0.15) is 5.58 Å². The molecule has 1 aromatic carbocycles. The van der Waals surface area contributed by atoms with Crippen molar-refractivity contribution >= 4 is 26.9 Å². The largest absolute Gasteiger partial charge is 0.423 e. The van der Waals surface area contributed by atoms with E-state index in [-0.39, 0.29) is 5.63 Å². The molecule has 0 fully saturated rings. The molecule has 0 atom stereocenters. The van der Waals surface area contributed by atoms with Crippen molar-refractivity contribution in [3.05, 3.63) is 44.7 Å². The Morgan fingerprint density at radius 3 is 2.45 bits per heavy atom. The van der Waals surface area contributed by atoms with Crippen LogP contribution in [0, 0.1) is 0 Å². The van der Waals surface area contributed by atoms with E-state index < -0.39 is 0 Å². The zero-order valence-electron chi connectivity index (χ0n) is 12.8. The average Bonchev–Trinajstić information content (AvgIpc) is 2.49. The highest BCUT2D eigenvalue weighted by atomic mass is 79.9. The first kappa shape index (κ1) is 17.1. The number of nitrogens with zero attached hydrogens (tertiary/aromatic N) is 1. The Kier molecular flexibility index (Phi) is 6.57. The molecule has 120 valence electrons. The number of fused-ring (bicyclic) bond motifs is 1. The quantitative estimate of drug-likeness (QED) is 0.669. The monoisotopic (exact) mass is 369 g/mol. The van der Waals surface area contributed by atoms with E-state index in [1.165, 1.54) is 0 Å². The minimum absolute atomic E-state index is 0.334. The number of ether oxygens (including phenoxy) is 2. The van der Waals surface area contributed by atoms with Crippen LogP contribution in [0.15, 0.2) is 37.9 Å². The highest BCUT2D eigenvalue weighted by Crippen LogP contribution is 2.22. The third kappa shape index (κ3) is 4.64. The molecule has 1 heterocycles. The van der Waals surface area contributed by atoms with Crippen molar-refractivity contribution in [3.8, 4) is 0 Å². The summed E-state index contributed by atoms with van der Waals surface area (Å²) in [5, 5.41) is 0.947. The zero-order valence-corrected chi connectivity index (χ0v) is 14.4. The number of hydrogen-bond acceptors (Lipinski definition) is 5. The van der Waals surface area contributed by atoms with Crippen molar-refractivity contribution in [2.75, 3.05) is 40.5 Å². The maximum Gasteiger partial charge on any atom is 0.336 e. The molecule has 0 saturated heterocycles. The molecule has 0 aliphatic rings. The Balaban J connectivity index is 2.29. The molecule has 0 amide bonds. The van der Waals surface area contributed by atoms with Crippen LogP contribution in [0.1, 0.15) is 5.56 Å². The molecule has 2 rings (SSSR count). The van der Waals surface area contributed by atoms with Crippen LogP contribution in [0.2, 0.25) is 0 Å². The lowest BCUT2D eigenvalue weighted by atomic mass is 10.1. The van der Waals surface area contributed by atoms with Crippen molar-refractivity contribution in [2.45, 2.75) is 6.54 Å². The fourth-order valence-corrected chi connectivity index (χ4v) is 2.63. The lowest BCUT2D eigenvalue weighted by Gasteiger charge is -2.22. The molecule has 0 aliphatic carbocycles. The molecule has 0 spiro atoms. The van der Waals surface area contributed by atoms with Gasteiger partial charge in [-0.3, -0.25) is 4.90 Å². The summed E-state index contributed by atoms with van der Waals surface area (Å²) in [5.74, 6) is 0.